The highest BCUT2D eigenvalue weighted by Gasteiger charge is 2.39. The van der Waals surface area contributed by atoms with Gasteiger partial charge in [0.25, 0.3) is 0 Å². The van der Waals surface area contributed by atoms with Crippen molar-refractivity contribution in [3.8, 4) is 23.5 Å². The predicted molar refractivity (Wildman–Crippen MR) is 96.4 cm³/mol. The lowest BCUT2D eigenvalue weighted by atomic mass is 10.0. The van der Waals surface area contributed by atoms with Crippen LogP contribution in [0, 0.1) is 12.3 Å². The lowest BCUT2D eigenvalue weighted by Crippen LogP contribution is -2.24. The van der Waals surface area contributed by atoms with Crippen molar-refractivity contribution >= 4 is 5.91 Å². The van der Waals surface area contributed by atoms with Gasteiger partial charge in [0.15, 0.2) is 5.66 Å². The molecule has 5 nitrogen and oxygen atoms in total. The van der Waals surface area contributed by atoms with Crippen LogP contribution in [0.25, 0.3) is 11.1 Å². The molecule has 25 heavy (non-hydrogen) atoms. The third-order valence-corrected chi connectivity index (χ3v) is 4.24. The molecule has 0 bridgehead atoms. The van der Waals surface area contributed by atoms with Crippen molar-refractivity contribution in [2.75, 3.05) is 0 Å². The SMILES string of the molecule is C#CCCC1(CCC(=O)NCc2cccc(-c3ccncc3)c2)N=N1. The zero-order valence-corrected chi connectivity index (χ0v) is 14.0. The fraction of sp³-hybridized carbons (Fsp3) is 0.300. The summed E-state index contributed by atoms with van der Waals surface area (Å²) in [5.41, 5.74) is 2.88. The molecule has 0 radical (unpaired) electrons. The van der Waals surface area contributed by atoms with Gasteiger partial charge >= 0.3 is 0 Å². The number of amides is 1. The van der Waals surface area contributed by atoms with Crippen LogP contribution in [0.2, 0.25) is 0 Å². The van der Waals surface area contributed by atoms with Crippen molar-refractivity contribution in [1.82, 2.24) is 10.3 Å². The minimum absolute atomic E-state index is 0.00620. The maximum atomic E-state index is 12.1. The van der Waals surface area contributed by atoms with Crippen LogP contribution in [0.5, 0.6) is 0 Å². The van der Waals surface area contributed by atoms with Crippen molar-refractivity contribution in [2.24, 2.45) is 10.2 Å². The Balaban J connectivity index is 1.49. The standard InChI is InChI=1S/C20H20N4O/c1-2-3-10-20(23-24-20)11-7-19(25)22-15-16-5-4-6-18(14-16)17-8-12-21-13-9-17/h1,4-6,8-9,12-14H,3,7,10-11,15H2,(H,22,25). The minimum Gasteiger partial charge on any atom is -0.352 e. The summed E-state index contributed by atoms with van der Waals surface area (Å²) >= 11 is 0. The lowest BCUT2D eigenvalue weighted by molar-refractivity contribution is -0.121. The van der Waals surface area contributed by atoms with Crippen LogP contribution >= 0.6 is 0 Å². The van der Waals surface area contributed by atoms with Gasteiger partial charge in [0, 0.05) is 44.6 Å². The lowest BCUT2D eigenvalue weighted by Gasteiger charge is -2.10. The number of carbonyl (C=O) groups is 1. The Morgan fingerprint density at radius 3 is 2.64 bits per heavy atom. The summed E-state index contributed by atoms with van der Waals surface area (Å²) in [4.78, 5) is 16.1. The third-order valence-electron chi connectivity index (χ3n) is 4.24. The summed E-state index contributed by atoms with van der Waals surface area (Å²) in [6.45, 7) is 0.503. The Labute approximate surface area is 147 Å². The van der Waals surface area contributed by atoms with E-state index >= 15 is 0 Å². The molecule has 0 aliphatic carbocycles. The van der Waals surface area contributed by atoms with Gasteiger partial charge in [-0.3, -0.25) is 9.78 Å². The Hall–Kier alpha value is -3.00. The monoisotopic (exact) mass is 332 g/mol. The topological polar surface area (TPSA) is 66.7 Å². The second-order valence-corrected chi connectivity index (χ2v) is 6.10. The average molecular weight is 332 g/mol. The van der Waals surface area contributed by atoms with Gasteiger partial charge < -0.3 is 5.32 Å². The molecule has 1 aliphatic rings. The van der Waals surface area contributed by atoms with E-state index in [1.54, 1.807) is 12.4 Å². The first-order chi connectivity index (χ1) is 12.2. The normalized spacial score (nSPS) is 13.9. The summed E-state index contributed by atoms with van der Waals surface area (Å²) in [6.07, 6.45) is 11.2. The van der Waals surface area contributed by atoms with Crippen molar-refractivity contribution in [1.29, 1.82) is 0 Å². The van der Waals surface area contributed by atoms with Gasteiger partial charge in [-0.05, 0) is 34.9 Å². The number of rotatable bonds is 8. The Morgan fingerprint density at radius 1 is 1.12 bits per heavy atom. The van der Waals surface area contributed by atoms with Crippen LogP contribution in [0.4, 0.5) is 0 Å². The summed E-state index contributed by atoms with van der Waals surface area (Å²) in [5, 5.41) is 11.1. The van der Waals surface area contributed by atoms with E-state index in [1.807, 2.05) is 30.3 Å². The van der Waals surface area contributed by atoms with Gasteiger partial charge in [0.2, 0.25) is 5.91 Å². The molecule has 3 rings (SSSR count). The van der Waals surface area contributed by atoms with Crippen LogP contribution in [0.15, 0.2) is 59.0 Å². The highest BCUT2D eigenvalue weighted by molar-refractivity contribution is 5.76. The molecule has 0 atom stereocenters. The maximum Gasteiger partial charge on any atom is 0.220 e. The van der Waals surface area contributed by atoms with Crippen LogP contribution in [-0.2, 0) is 11.3 Å². The van der Waals surface area contributed by atoms with E-state index < -0.39 is 5.66 Å². The molecule has 0 saturated heterocycles. The van der Waals surface area contributed by atoms with Gasteiger partial charge in [-0.1, -0.05) is 18.2 Å². The zero-order valence-electron chi connectivity index (χ0n) is 14.0. The Bertz CT molecular complexity index is 802. The van der Waals surface area contributed by atoms with E-state index in [-0.39, 0.29) is 5.91 Å². The minimum atomic E-state index is -0.398. The summed E-state index contributed by atoms with van der Waals surface area (Å²) in [6, 6.07) is 12.1. The molecule has 1 aliphatic heterocycles. The van der Waals surface area contributed by atoms with Gasteiger partial charge in [-0.15, -0.1) is 12.3 Å². The molecule has 2 heterocycles. The van der Waals surface area contributed by atoms with Gasteiger partial charge in [-0.25, -0.2) is 0 Å². The first kappa shape index (κ1) is 16.8. The number of hydrogen-bond donors (Lipinski definition) is 1. The number of nitrogens with zero attached hydrogens (tertiary/aromatic N) is 3. The second-order valence-electron chi connectivity index (χ2n) is 6.10. The van der Waals surface area contributed by atoms with Crippen LogP contribution in [-0.4, -0.2) is 16.6 Å². The number of hydrogen-bond acceptors (Lipinski definition) is 4. The zero-order chi connectivity index (χ0) is 17.5. The summed E-state index contributed by atoms with van der Waals surface area (Å²) in [5.74, 6) is 2.60. The molecule has 1 N–H and O–H groups in total. The van der Waals surface area contributed by atoms with E-state index in [1.165, 1.54) is 0 Å². The van der Waals surface area contributed by atoms with E-state index in [4.69, 9.17) is 6.42 Å². The fourth-order valence-electron chi connectivity index (χ4n) is 2.68. The Kier molecular flexibility index (Phi) is 5.20. The average Bonchev–Trinajstić information content (AvgIpc) is 3.44. The molecule has 1 amide bonds. The molecule has 126 valence electrons. The number of nitrogens with one attached hydrogen (secondary N) is 1. The van der Waals surface area contributed by atoms with Crippen molar-refractivity contribution in [3.05, 3.63) is 54.4 Å². The van der Waals surface area contributed by atoms with Crippen molar-refractivity contribution in [3.63, 3.8) is 0 Å². The number of benzene rings is 1. The smallest absolute Gasteiger partial charge is 0.220 e. The molecule has 0 saturated carbocycles. The van der Waals surface area contributed by atoms with Crippen molar-refractivity contribution < 1.29 is 4.79 Å². The van der Waals surface area contributed by atoms with Gasteiger partial charge in [0.1, 0.15) is 0 Å². The molecule has 5 heteroatoms. The van der Waals surface area contributed by atoms with Crippen LogP contribution < -0.4 is 5.32 Å². The number of pyridine rings is 1. The molecule has 1 aromatic carbocycles. The maximum absolute atomic E-state index is 12.1. The predicted octanol–water partition coefficient (Wildman–Crippen LogP) is 3.72. The van der Waals surface area contributed by atoms with E-state index in [2.05, 4.69) is 32.5 Å². The number of aromatic nitrogens is 1. The quantitative estimate of drug-likeness (QED) is 0.749. The van der Waals surface area contributed by atoms with Gasteiger partial charge in [-0.2, -0.15) is 10.2 Å². The molecular formula is C20H20N4O. The van der Waals surface area contributed by atoms with E-state index in [9.17, 15) is 4.79 Å². The van der Waals surface area contributed by atoms with Crippen LogP contribution in [0.3, 0.4) is 0 Å². The summed E-state index contributed by atoms with van der Waals surface area (Å²) in [7, 11) is 0. The largest absolute Gasteiger partial charge is 0.352 e. The third kappa shape index (κ3) is 4.74. The first-order valence-corrected chi connectivity index (χ1v) is 8.34. The first-order valence-electron chi connectivity index (χ1n) is 8.34. The molecule has 0 spiro atoms. The molecule has 0 fully saturated rings. The molecule has 0 unspecified atom stereocenters. The van der Waals surface area contributed by atoms with Gasteiger partial charge in [0.05, 0.1) is 0 Å². The van der Waals surface area contributed by atoms with Crippen molar-refractivity contribution in [2.45, 2.75) is 37.9 Å². The number of carbonyl (C=O) groups excluding carboxylic acids is 1. The second kappa shape index (κ2) is 7.71. The molecule has 2 aromatic rings. The Morgan fingerprint density at radius 2 is 1.92 bits per heavy atom. The van der Waals surface area contributed by atoms with E-state index in [0.29, 0.717) is 25.8 Å². The molecular weight excluding hydrogens is 312 g/mol. The fourth-order valence-corrected chi connectivity index (χ4v) is 2.68. The number of terminal acetylenes is 1. The highest BCUT2D eigenvalue weighted by atomic mass is 16.1. The molecule has 1 aromatic heterocycles. The van der Waals surface area contributed by atoms with E-state index in [0.717, 1.165) is 23.1 Å². The van der Waals surface area contributed by atoms with Crippen LogP contribution in [0.1, 0.15) is 31.2 Å². The highest BCUT2D eigenvalue weighted by Crippen LogP contribution is 2.37. The summed E-state index contributed by atoms with van der Waals surface area (Å²) < 4.78 is 0.